The van der Waals surface area contributed by atoms with Crippen LogP contribution in [0.15, 0.2) is 134 Å². The predicted octanol–water partition coefficient (Wildman–Crippen LogP) is 13.7. The number of anilines is 3. The summed E-state index contributed by atoms with van der Waals surface area (Å²) in [6.45, 7) is 5.28. The highest BCUT2D eigenvalue weighted by Crippen LogP contribution is 2.47. The first kappa shape index (κ1) is 51.7. The second-order valence-electron chi connectivity index (χ2n) is 17.0. The van der Waals surface area contributed by atoms with Crippen LogP contribution in [-0.2, 0) is 6.54 Å². The molecule has 4 N–H and O–H groups in total. The Hall–Kier alpha value is -9.21. The number of carbonyl (C=O) groups excluding carboxylic acids is 1. The molecule has 0 radical (unpaired) electrons. The second-order valence-corrected chi connectivity index (χ2v) is 17.0. The van der Waals surface area contributed by atoms with Crippen molar-refractivity contribution in [2.24, 2.45) is 0 Å². The van der Waals surface area contributed by atoms with Crippen LogP contribution in [0.1, 0.15) is 32.6 Å². The first-order chi connectivity index (χ1) is 36.0. The van der Waals surface area contributed by atoms with Gasteiger partial charge in [-0.2, -0.15) is 0 Å². The van der Waals surface area contributed by atoms with E-state index in [4.69, 9.17) is 5.73 Å². The Morgan fingerprint density at radius 2 is 0.789 bits per heavy atom. The Morgan fingerprint density at radius 3 is 1.16 bits per heavy atom. The Kier molecular flexibility index (Phi) is 13.8. The molecule has 0 spiro atoms. The van der Waals surface area contributed by atoms with Crippen molar-refractivity contribution in [3.05, 3.63) is 185 Å². The Morgan fingerprint density at radius 1 is 0.474 bits per heavy atom. The van der Waals surface area contributed by atoms with Crippen molar-refractivity contribution in [1.29, 1.82) is 0 Å². The van der Waals surface area contributed by atoms with E-state index in [0.717, 1.165) is 52.6 Å². The third-order valence-electron chi connectivity index (χ3n) is 11.6. The Balaban J connectivity index is 0.000000142. The fraction of sp³-hybridized carbons (Fsp3) is 0.130. The van der Waals surface area contributed by atoms with Crippen molar-refractivity contribution in [2.45, 2.75) is 46.2 Å². The molecule has 8 aromatic rings. The summed E-state index contributed by atoms with van der Waals surface area (Å²) in [6, 6.07) is 29.4. The molecule has 0 bridgehead atoms. The fourth-order valence-electron chi connectivity index (χ4n) is 8.01. The molecule has 6 aromatic carbocycles. The molecule has 0 atom stereocenters. The minimum absolute atomic E-state index is 0.00839. The van der Waals surface area contributed by atoms with Crippen LogP contribution in [0.3, 0.4) is 0 Å². The zero-order chi connectivity index (χ0) is 54.3. The zero-order valence-electron chi connectivity index (χ0n) is 39.5. The number of hydrogen-bond donors (Lipinski definition) is 3. The van der Waals surface area contributed by atoms with E-state index >= 15 is 0 Å². The van der Waals surface area contributed by atoms with Gasteiger partial charge in [0.1, 0.15) is 17.2 Å². The number of nitrogens with two attached hydrogens (primary N) is 1. The molecule has 2 aromatic heterocycles. The lowest BCUT2D eigenvalue weighted by atomic mass is 9.99. The SMILES string of the molecule is Cc1cc2c(cc1-c1ccc(N)cc1)OC(F)(F)O2.Cc1cc2c(cc1-c1ccc(NC(=O)c3c(F)cncc3F)cc1)OC(F)(F)O2.Cc1cc2c(cc1-c1ccc(NCc3c(F)cncc3F)cc1)OC(F)(F)O2. The first-order valence-electron chi connectivity index (χ1n) is 22.4. The number of nitrogen functional groups attached to an aromatic ring is 1. The number of halogens is 10. The molecule has 11 rings (SSSR count). The van der Waals surface area contributed by atoms with Crippen LogP contribution in [0.4, 0.5) is 61.0 Å². The van der Waals surface area contributed by atoms with Crippen LogP contribution in [0.2, 0.25) is 0 Å². The molecule has 0 unspecified atom stereocenters. The molecule has 0 saturated carbocycles. The van der Waals surface area contributed by atoms with Gasteiger partial charge in [0.05, 0.1) is 24.8 Å². The second kappa shape index (κ2) is 20.2. The maximum absolute atomic E-state index is 13.7. The lowest BCUT2D eigenvalue weighted by molar-refractivity contribution is -0.287. The van der Waals surface area contributed by atoms with Gasteiger partial charge >= 0.3 is 18.9 Å². The summed E-state index contributed by atoms with van der Waals surface area (Å²) in [5.41, 5.74) is 13.0. The number of amides is 1. The van der Waals surface area contributed by atoms with Gasteiger partial charge in [0.15, 0.2) is 46.1 Å². The smallest absolute Gasteiger partial charge is 0.399 e. The normalized spacial score (nSPS) is 14.4. The number of aromatic nitrogens is 2. The van der Waals surface area contributed by atoms with Crippen molar-refractivity contribution in [3.63, 3.8) is 0 Å². The molecule has 0 aliphatic carbocycles. The quantitative estimate of drug-likeness (QED) is 0.0986. The van der Waals surface area contributed by atoms with Crippen molar-refractivity contribution in [3.8, 4) is 67.9 Å². The summed E-state index contributed by atoms with van der Waals surface area (Å²) in [5, 5.41) is 5.33. The van der Waals surface area contributed by atoms with Gasteiger partial charge in [0.2, 0.25) is 0 Å². The average molecular weight is 1060 g/mol. The average Bonchev–Trinajstić information content (AvgIpc) is 3.96. The maximum Gasteiger partial charge on any atom is 0.586 e. The van der Waals surface area contributed by atoms with Crippen LogP contribution < -0.4 is 44.8 Å². The zero-order valence-corrected chi connectivity index (χ0v) is 39.5. The van der Waals surface area contributed by atoms with Crippen LogP contribution >= 0.6 is 0 Å². The van der Waals surface area contributed by atoms with Crippen molar-refractivity contribution in [1.82, 2.24) is 9.97 Å². The largest absolute Gasteiger partial charge is 0.586 e. The maximum atomic E-state index is 13.7. The molecule has 0 fully saturated rings. The number of alkyl halides is 6. The third-order valence-corrected chi connectivity index (χ3v) is 11.6. The number of benzene rings is 6. The molecule has 12 nitrogen and oxygen atoms in total. The van der Waals surface area contributed by atoms with Gasteiger partial charge in [-0.1, -0.05) is 36.4 Å². The minimum Gasteiger partial charge on any atom is -0.399 e. The van der Waals surface area contributed by atoms with E-state index < -0.39 is 53.6 Å². The van der Waals surface area contributed by atoms with Gasteiger partial charge in [-0.3, -0.25) is 14.8 Å². The summed E-state index contributed by atoms with van der Waals surface area (Å²) < 4.78 is 160. The lowest BCUT2D eigenvalue weighted by Crippen LogP contribution is -2.25. The summed E-state index contributed by atoms with van der Waals surface area (Å²) >= 11 is 0. The molecule has 22 heteroatoms. The predicted molar refractivity (Wildman–Crippen MR) is 256 cm³/mol. The van der Waals surface area contributed by atoms with Gasteiger partial charge in [0.25, 0.3) is 5.91 Å². The molecule has 76 heavy (non-hydrogen) atoms. The molecular weight excluding hydrogens is 1020 g/mol. The molecule has 390 valence electrons. The topological polar surface area (TPSA) is 148 Å². The number of hydrogen-bond acceptors (Lipinski definition) is 11. The standard InChI is InChI=1S/C20H12F4N2O3.C20H14F4N2O2.C14H11F2NO2/c1-10-6-16-17(29-20(23,24)28-16)7-13(10)11-2-4-12(5-3-11)26-19(27)18-14(21)8-25-9-15(18)22;1-11-6-18-19(28-20(23,24)27-18)7-14(11)12-2-4-13(5-3-12)26-8-15-16(21)9-25-10-17(15)22;1-8-6-12-13(19-14(15,16)18-12)7-11(8)9-2-4-10(17)5-3-9/h2-9H,1H3,(H,26,27);2-7,9-10,26H,8H2,1H3;2-7H,17H2,1H3. The van der Waals surface area contributed by atoms with Gasteiger partial charge in [-0.05, 0) is 144 Å². The number of rotatable bonds is 8. The molecule has 3 aliphatic rings. The van der Waals surface area contributed by atoms with Gasteiger partial charge in [0, 0.05) is 29.2 Å². The molecule has 0 saturated heterocycles. The minimum atomic E-state index is -3.71. The molecule has 3 aliphatic heterocycles. The Labute approximate surface area is 424 Å². The van der Waals surface area contributed by atoms with Crippen LogP contribution in [0, 0.1) is 44.0 Å². The van der Waals surface area contributed by atoms with E-state index in [1.165, 1.54) is 36.4 Å². The van der Waals surface area contributed by atoms with Crippen LogP contribution in [0.5, 0.6) is 34.5 Å². The number of pyridine rings is 2. The monoisotopic (exact) mass is 1060 g/mol. The first-order valence-corrected chi connectivity index (χ1v) is 22.4. The highest BCUT2D eigenvalue weighted by Gasteiger charge is 2.45. The molecule has 1 amide bonds. The van der Waals surface area contributed by atoms with Crippen molar-refractivity contribution >= 4 is 23.0 Å². The number of ether oxygens (including phenoxy) is 6. The van der Waals surface area contributed by atoms with E-state index in [2.05, 4.69) is 49.0 Å². The highest BCUT2D eigenvalue weighted by atomic mass is 19.3. The summed E-state index contributed by atoms with van der Waals surface area (Å²) in [4.78, 5) is 18.9. The number of nitrogens with zero attached hydrogens (tertiary/aromatic N) is 2. The summed E-state index contributed by atoms with van der Waals surface area (Å²) in [6.07, 6.45) is -7.57. The summed E-state index contributed by atoms with van der Waals surface area (Å²) in [5.74, 6) is -4.64. The van der Waals surface area contributed by atoms with Gasteiger partial charge in [-0.15, -0.1) is 26.3 Å². The number of aryl methyl sites for hydroxylation is 3. The highest BCUT2D eigenvalue weighted by molar-refractivity contribution is 6.04. The molecular formula is C54H37F10N5O7. The lowest BCUT2D eigenvalue weighted by Gasteiger charge is -2.11. The fourth-order valence-corrected chi connectivity index (χ4v) is 8.01. The number of nitrogens with one attached hydrogen (secondary N) is 2. The van der Waals surface area contributed by atoms with Gasteiger partial charge < -0.3 is 44.8 Å². The van der Waals surface area contributed by atoms with Crippen LogP contribution in [0.25, 0.3) is 33.4 Å². The van der Waals surface area contributed by atoms with Crippen molar-refractivity contribution in [2.75, 3.05) is 16.4 Å². The van der Waals surface area contributed by atoms with E-state index in [9.17, 15) is 48.7 Å². The van der Waals surface area contributed by atoms with E-state index in [-0.39, 0.29) is 46.6 Å². The van der Waals surface area contributed by atoms with Gasteiger partial charge in [-0.25, -0.2) is 17.6 Å². The summed E-state index contributed by atoms with van der Waals surface area (Å²) in [7, 11) is 0. The third kappa shape index (κ3) is 11.4. The van der Waals surface area contributed by atoms with E-state index in [1.54, 1.807) is 74.5 Å². The Bertz CT molecular complexity index is 3480. The number of fused-ring (bicyclic) bond motifs is 3. The van der Waals surface area contributed by atoms with E-state index in [0.29, 0.717) is 39.3 Å². The van der Waals surface area contributed by atoms with E-state index in [1.807, 2.05) is 19.1 Å². The molecule has 5 heterocycles. The van der Waals surface area contributed by atoms with Crippen LogP contribution in [-0.4, -0.2) is 34.8 Å². The number of carbonyl (C=O) groups is 1. The van der Waals surface area contributed by atoms with Crippen molar-refractivity contribution < 1.29 is 77.1 Å².